The lowest BCUT2D eigenvalue weighted by atomic mass is 9.89. The van der Waals surface area contributed by atoms with Crippen LogP contribution in [0.15, 0.2) is 30.5 Å². The van der Waals surface area contributed by atoms with E-state index in [2.05, 4.69) is 15.0 Å². The first-order chi connectivity index (χ1) is 14.9. The highest BCUT2D eigenvalue weighted by molar-refractivity contribution is 6.32. The Bertz CT molecular complexity index is 1070. The minimum Gasteiger partial charge on any atom is -0.495 e. The average Bonchev–Trinajstić information content (AvgIpc) is 3.09. The van der Waals surface area contributed by atoms with Crippen molar-refractivity contribution in [3.63, 3.8) is 0 Å². The van der Waals surface area contributed by atoms with Gasteiger partial charge < -0.3 is 20.5 Å². The molecule has 2 amide bonds. The van der Waals surface area contributed by atoms with Crippen molar-refractivity contribution in [2.45, 2.75) is 30.5 Å². The Balaban J connectivity index is 2.01. The van der Waals surface area contributed by atoms with Gasteiger partial charge in [0.15, 0.2) is 0 Å². The van der Waals surface area contributed by atoms with E-state index in [-0.39, 0.29) is 22.7 Å². The molecule has 7 nitrogen and oxygen atoms in total. The maximum Gasteiger partial charge on any atom is 0.448 e. The number of aromatic nitrogens is 1. The first kappa shape index (κ1) is 23.7. The van der Waals surface area contributed by atoms with Gasteiger partial charge in [0.1, 0.15) is 28.4 Å². The van der Waals surface area contributed by atoms with Gasteiger partial charge in [-0.25, -0.2) is 8.78 Å². The maximum absolute atomic E-state index is 14.7. The molecule has 0 radical (unpaired) electrons. The second-order valence-corrected chi connectivity index (χ2v) is 7.22. The smallest absolute Gasteiger partial charge is 0.448 e. The van der Waals surface area contributed by atoms with Crippen LogP contribution in [0.2, 0.25) is 5.02 Å². The molecule has 0 saturated carbocycles. The number of anilines is 1. The highest BCUT2D eigenvalue weighted by atomic mass is 35.5. The molecule has 1 saturated heterocycles. The number of nitrogens with one attached hydrogen (secondary N) is 1. The molecule has 1 aromatic carbocycles. The summed E-state index contributed by atoms with van der Waals surface area (Å²) in [6.07, 6.45) is -7.66. The molecule has 1 aliphatic heterocycles. The summed E-state index contributed by atoms with van der Waals surface area (Å²) in [4.78, 5) is 27.7. The molecule has 1 aliphatic rings. The summed E-state index contributed by atoms with van der Waals surface area (Å²) in [7, 11) is 1.09. The third-order valence-corrected chi connectivity index (χ3v) is 5.16. The van der Waals surface area contributed by atoms with Crippen LogP contribution in [-0.2, 0) is 9.53 Å². The Hall–Kier alpha value is -2.99. The van der Waals surface area contributed by atoms with Crippen molar-refractivity contribution in [1.82, 2.24) is 4.98 Å². The second kappa shape index (κ2) is 8.51. The first-order valence-electron chi connectivity index (χ1n) is 8.90. The number of hydrogen-bond donors (Lipinski definition) is 2. The summed E-state index contributed by atoms with van der Waals surface area (Å²) >= 11 is 5.83. The van der Waals surface area contributed by atoms with Gasteiger partial charge in [0.25, 0.3) is 11.8 Å². The third kappa shape index (κ3) is 4.32. The Morgan fingerprint density at radius 3 is 2.62 bits per heavy atom. The molecule has 0 bridgehead atoms. The van der Waals surface area contributed by atoms with Crippen molar-refractivity contribution in [3.8, 4) is 5.75 Å². The molecule has 1 fully saturated rings. The molecule has 172 valence electrons. The number of ether oxygens (including phenoxy) is 2. The predicted octanol–water partition coefficient (Wildman–Crippen LogP) is 3.72. The van der Waals surface area contributed by atoms with E-state index < -0.39 is 53.1 Å². The number of rotatable bonds is 5. The maximum atomic E-state index is 14.7. The zero-order valence-electron chi connectivity index (χ0n) is 16.2. The molecule has 32 heavy (non-hydrogen) atoms. The lowest BCUT2D eigenvalue weighted by Crippen LogP contribution is -2.42. The SMILES string of the molecule is COc1c([C@H]2C[C@@](F)(C(F)(F)F)O[C@H]2C(=O)Nc2ccnc(C(N)=O)c2)ccc(F)c1Cl. The summed E-state index contributed by atoms with van der Waals surface area (Å²) in [6.45, 7) is 0. The van der Waals surface area contributed by atoms with Gasteiger partial charge in [0.2, 0.25) is 0 Å². The number of alkyl halides is 4. The highest BCUT2D eigenvalue weighted by Gasteiger charge is 2.66. The van der Waals surface area contributed by atoms with Gasteiger partial charge in [-0.2, -0.15) is 13.2 Å². The van der Waals surface area contributed by atoms with Crippen LogP contribution >= 0.6 is 11.6 Å². The van der Waals surface area contributed by atoms with E-state index in [0.29, 0.717) is 0 Å². The van der Waals surface area contributed by atoms with Gasteiger partial charge >= 0.3 is 12.0 Å². The van der Waals surface area contributed by atoms with Crippen molar-refractivity contribution >= 4 is 29.1 Å². The Kier molecular flexibility index (Phi) is 6.29. The minimum atomic E-state index is -5.47. The number of carbonyl (C=O) groups is 2. The van der Waals surface area contributed by atoms with Crippen molar-refractivity contribution in [2.24, 2.45) is 5.73 Å². The summed E-state index contributed by atoms with van der Waals surface area (Å²) < 4.78 is 78.2. The van der Waals surface area contributed by atoms with E-state index in [1.165, 1.54) is 6.07 Å². The molecule has 0 unspecified atom stereocenters. The molecular weight excluding hydrogens is 465 g/mol. The number of primary amides is 1. The lowest BCUT2D eigenvalue weighted by Gasteiger charge is -2.22. The van der Waals surface area contributed by atoms with Crippen LogP contribution in [0.25, 0.3) is 0 Å². The molecule has 1 aromatic heterocycles. The zero-order chi connectivity index (χ0) is 23.8. The largest absolute Gasteiger partial charge is 0.495 e. The summed E-state index contributed by atoms with van der Waals surface area (Å²) in [5.41, 5.74) is 4.67. The van der Waals surface area contributed by atoms with Gasteiger partial charge in [0.05, 0.1) is 7.11 Å². The topological polar surface area (TPSA) is 104 Å². The zero-order valence-corrected chi connectivity index (χ0v) is 16.9. The lowest BCUT2D eigenvalue weighted by molar-refractivity contribution is -0.322. The van der Waals surface area contributed by atoms with Gasteiger partial charge in [-0.1, -0.05) is 17.7 Å². The van der Waals surface area contributed by atoms with Crippen LogP contribution in [0.5, 0.6) is 5.75 Å². The van der Waals surface area contributed by atoms with E-state index >= 15 is 0 Å². The van der Waals surface area contributed by atoms with Crippen LogP contribution in [0, 0.1) is 5.82 Å². The first-order valence-corrected chi connectivity index (χ1v) is 9.28. The Morgan fingerprint density at radius 1 is 1.34 bits per heavy atom. The standard InChI is InChI=1S/C19H15ClF5N3O4/c1-31-14-9(2-3-11(21)13(14)20)10-7-18(22,19(23,24)25)32-15(10)17(30)28-8-4-5-27-12(6-8)16(26)29/h2-6,10,15H,7H2,1H3,(H2,26,29)(H,27,28,30)/t10-,15-,18+/m1/s1. The van der Waals surface area contributed by atoms with E-state index in [1.54, 1.807) is 0 Å². The van der Waals surface area contributed by atoms with Crippen LogP contribution in [0.4, 0.5) is 27.6 Å². The number of nitrogens with two attached hydrogens (primary N) is 1. The monoisotopic (exact) mass is 479 g/mol. The fraction of sp³-hybridized carbons (Fsp3) is 0.316. The molecule has 3 N–H and O–H groups in total. The quantitative estimate of drug-likeness (QED) is 0.636. The number of benzene rings is 1. The molecular formula is C19H15ClF5N3O4. The molecule has 13 heteroatoms. The normalized spacial score (nSPS) is 23.1. The summed E-state index contributed by atoms with van der Waals surface area (Å²) in [5.74, 6) is -9.08. The number of pyridine rings is 1. The average molecular weight is 480 g/mol. The van der Waals surface area contributed by atoms with Gasteiger partial charge in [-0.05, 0) is 18.2 Å². The number of amides is 2. The molecule has 3 rings (SSSR count). The highest BCUT2D eigenvalue weighted by Crippen LogP contribution is 2.52. The Labute approximate surface area is 182 Å². The molecule has 3 atom stereocenters. The minimum absolute atomic E-state index is 0.0476. The van der Waals surface area contributed by atoms with E-state index in [0.717, 1.165) is 31.5 Å². The van der Waals surface area contributed by atoms with E-state index in [4.69, 9.17) is 22.1 Å². The number of hydrogen-bond acceptors (Lipinski definition) is 5. The molecule has 0 spiro atoms. The molecule has 2 aromatic rings. The molecule has 2 heterocycles. The molecule has 0 aliphatic carbocycles. The van der Waals surface area contributed by atoms with E-state index in [1.807, 2.05) is 0 Å². The van der Waals surface area contributed by atoms with Crippen LogP contribution < -0.4 is 15.8 Å². The van der Waals surface area contributed by atoms with Crippen molar-refractivity contribution in [2.75, 3.05) is 12.4 Å². The fourth-order valence-electron chi connectivity index (χ4n) is 3.32. The predicted molar refractivity (Wildman–Crippen MR) is 101 cm³/mol. The van der Waals surface area contributed by atoms with Crippen LogP contribution in [0.1, 0.15) is 28.4 Å². The van der Waals surface area contributed by atoms with Crippen molar-refractivity contribution in [1.29, 1.82) is 0 Å². The fourth-order valence-corrected chi connectivity index (χ4v) is 3.57. The van der Waals surface area contributed by atoms with Crippen molar-refractivity contribution in [3.05, 3.63) is 52.6 Å². The van der Waals surface area contributed by atoms with Crippen molar-refractivity contribution < 1.29 is 41.0 Å². The Morgan fingerprint density at radius 2 is 2.03 bits per heavy atom. The van der Waals surface area contributed by atoms with E-state index in [9.17, 15) is 31.5 Å². The summed E-state index contributed by atoms with van der Waals surface area (Å²) in [5, 5.41) is 1.69. The summed E-state index contributed by atoms with van der Waals surface area (Å²) in [6, 6.07) is 4.19. The van der Waals surface area contributed by atoms with Crippen LogP contribution in [-0.4, -0.2) is 42.0 Å². The van der Waals surface area contributed by atoms with Crippen LogP contribution in [0.3, 0.4) is 0 Å². The number of carbonyl (C=O) groups excluding carboxylic acids is 2. The number of halogens is 6. The number of nitrogens with zero attached hydrogens (tertiary/aromatic N) is 1. The van der Waals surface area contributed by atoms with Gasteiger partial charge in [0, 0.05) is 29.8 Å². The van der Waals surface area contributed by atoms with Gasteiger partial charge in [-0.3, -0.25) is 14.6 Å². The van der Waals surface area contributed by atoms with Gasteiger partial charge in [-0.15, -0.1) is 0 Å². The number of methoxy groups -OCH3 is 1. The third-order valence-electron chi connectivity index (χ3n) is 4.81. The second-order valence-electron chi connectivity index (χ2n) is 6.84.